The predicted molar refractivity (Wildman–Crippen MR) is 79.2 cm³/mol. The van der Waals surface area contributed by atoms with Crippen LogP contribution in [-0.2, 0) is 4.74 Å². The van der Waals surface area contributed by atoms with E-state index in [4.69, 9.17) is 4.74 Å². The molecular formula is C15H22N2O3. The molecule has 0 saturated heterocycles. The molecule has 20 heavy (non-hydrogen) atoms. The molecule has 0 unspecified atom stereocenters. The summed E-state index contributed by atoms with van der Waals surface area (Å²) in [5.41, 5.74) is 1.28. The van der Waals surface area contributed by atoms with Gasteiger partial charge in [-0.2, -0.15) is 0 Å². The third-order valence-corrected chi connectivity index (χ3v) is 2.61. The second kappa shape index (κ2) is 8.32. The van der Waals surface area contributed by atoms with Crippen LogP contribution in [0.5, 0.6) is 0 Å². The van der Waals surface area contributed by atoms with Crippen molar-refractivity contribution >= 4 is 17.5 Å². The molecule has 0 aliphatic rings. The maximum Gasteiger partial charge on any atom is 0.319 e. The minimum Gasteiger partial charge on any atom is -0.379 e. The van der Waals surface area contributed by atoms with Crippen molar-refractivity contribution in [3.05, 3.63) is 29.8 Å². The summed E-state index contributed by atoms with van der Waals surface area (Å²) < 4.78 is 5.37. The first kappa shape index (κ1) is 16.2. The lowest BCUT2D eigenvalue weighted by Gasteiger charge is -2.09. The number of hydrogen-bond acceptors (Lipinski definition) is 3. The molecular weight excluding hydrogens is 256 g/mol. The molecule has 0 aromatic heterocycles. The Bertz CT molecular complexity index is 441. The van der Waals surface area contributed by atoms with E-state index in [2.05, 4.69) is 10.6 Å². The van der Waals surface area contributed by atoms with Gasteiger partial charge in [-0.15, -0.1) is 0 Å². The number of ketones is 1. The van der Waals surface area contributed by atoms with Crippen molar-refractivity contribution in [1.29, 1.82) is 0 Å². The molecule has 1 aromatic rings. The molecule has 1 aromatic carbocycles. The summed E-state index contributed by atoms with van der Waals surface area (Å²) in [5.74, 6) is 0.00570. The summed E-state index contributed by atoms with van der Waals surface area (Å²) in [5, 5.41) is 5.45. The fraction of sp³-hybridized carbons (Fsp3) is 0.467. The maximum absolute atomic E-state index is 11.6. The van der Waals surface area contributed by atoms with Gasteiger partial charge in [0.1, 0.15) is 0 Å². The van der Waals surface area contributed by atoms with Gasteiger partial charge < -0.3 is 15.4 Å². The number of urea groups is 1. The number of benzene rings is 1. The zero-order valence-corrected chi connectivity index (χ0v) is 12.2. The van der Waals surface area contributed by atoms with Gasteiger partial charge >= 0.3 is 6.03 Å². The van der Waals surface area contributed by atoms with E-state index in [9.17, 15) is 9.59 Å². The standard InChI is InChI=1S/C15H22N2O3/c1-11(2)20-10-4-9-16-15(19)17-14-7-5-13(6-8-14)12(3)18/h5-8,11H,4,9-10H2,1-3H3,(H2,16,17,19). The third kappa shape index (κ3) is 6.33. The van der Waals surface area contributed by atoms with Gasteiger partial charge in [-0.3, -0.25) is 4.79 Å². The van der Waals surface area contributed by atoms with E-state index < -0.39 is 0 Å². The highest BCUT2D eigenvalue weighted by molar-refractivity contribution is 5.95. The van der Waals surface area contributed by atoms with Crippen molar-refractivity contribution in [3.8, 4) is 0 Å². The van der Waals surface area contributed by atoms with E-state index in [0.29, 0.717) is 24.4 Å². The van der Waals surface area contributed by atoms with Crippen LogP contribution < -0.4 is 10.6 Å². The van der Waals surface area contributed by atoms with Crippen LogP contribution in [-0.4, -0.2) is 31.1 Å². The van der Waals surface area contributed by atoms with Crippen LogP contribution in [0.4, 0.5) is 10.5 Å². The highest BCUT2D eigenvalue weighted by atomic mass is 16.5. The van der Waals surface area contributed by atoms with Gasteiger partial charge in [0.05, 0.1) is 6.10 Å². The molecule has 0 fully saturated rings. The van der Waals surface area contributed by atoms with Gasteiger partial charge in [-0.1, -0.05) is 0 Å². The molecule has 110 valence electrons. The lowest BCUT2D eigenvalue weighted by molar-refractivity contribution is 0.0774. The second-order valence-electron chi connectivity index (χ2n) is 4.79. The minimum atomic E-state index is -0.259. The Balaban J connectivity index is 2.26. The topological polar surface area (TPSA) is 67.4 Å². The van der Waals surface area contributed by atoms with Crippen molar-refractivity contribution in [3.63, 3.8) is 0 Å². The van der Waals surface area contributed by atoms with Crippen molar-refractivity contribution < 1.29 is 14.3 Å². The smallest absolute Gasteiger partial charge is 0.319 e. The number of amides is 2. The maximum atomic E-state index is 11.6. The SMILES string of the molecule is CC(=O)c1ccc(NC(=O)NCCCOC(C)C)cc1. The minimum absolute atomic E-state index is 0.00570. The first-order chi connectivity index (χ1) is 9.49. The summed E-state index contributed by atoms with van der Waals surface area (Å²) in [6, 6.07) is 6.53. The lowest BCUT2D eigenvalue weighted by Crippen LogP contribution is -2.30. The molecule has 2 amide bonds. The number of anilines is 1. The van der Waals surface area contributed by atoms with Crippen LogP contribution in [0.1, 0.15) is 37.6 Å². The second-order valence-corrected chi connectivity index (χ2v) is 4.79. The molecule has 5 nitrogen and oxygen atoms in total. The largest absolute Gasteiger partial charge is 0.379 e. The zero-order valence-electron chi connectivity index (χ0n) is 12.2. The molecule has 0 radical (unpaired) electrons. The fourth-order valence-corrected chi connectivity index (χ4v) is 1.56. The monoisotopic (exact) mass is 278 g/mol. The molecule has 0 aliphatic carbocycles. The van der Waals surface area contributed by atoms with E-state index >= 15 is 0 Å². The van der Waals surface area contributed by atoms with E-state index in [-0.39, 0.29) is 17.9 Å². The first-order valence-electron chi connectivity index (χ1n) is 6.76. The van der Waals surface area contributed by atoms with Gasteiger partial charge in [0.25, 0.3) is 0 Å². The number of ether oxygens (including phenoxy) is 1. The van der Waals surface area contributed by atoms with E-state index in [1.54, 1.807) is 24.3 Å². The summed E-state index contributed by atoms with van der Waals surface area (Å²) in [4.78, 5) is 22.7. The average molecular weight is 278 g/mol. The Labute approximate surface area is 119 Å². The molecule has 0 heterocycles. The van der Waals surface area contributed by atoms with Crippen molar-refractivity contribution in [2.75, 3.05) is 18.5 Å². The van der Waals surface area contributed by atoms with Crippen LogP contribution in [0.2, 0.25) is 0 Å². The zero-order chi connectivity index (χ0) is 15.0. The average Bonchev–Trinajstić information content (AvgIpc) is 2.38. The van der Waals surface area contributed by atoms with Crippen LogP contribution in [0.3, 0.4) is 0 Å². The molecule has 2 N–H and O–H groups in total. The number of rotatable bonds is 7. The van der Waals surface area contributed by atoms with Crippen LogP contribution in [0, 0.1) is 0 Å². The normalized spacial score (nSPS) is 10.4. The number of hydrogen-bond donors (Lipinski definition) is 2. The fourth-order valence-electron chi connectivity index (χ4n) is 1.56. The third-order valence-electron chi connectivity index (χ3n) is 2.61. The van der Waals surface area contributed by atoms with Crippen molar-refractivity contribution in [2.45, 2.75) is 33.3 Å². The van der Waals surface area contributed by atoms with Gasteiger partial charge in [0, 0.05) is 24.4 Å². The highest BCUT2D eigenvalue weighted by Crippen LogP contribution is 2.09. The number of nitrogens with one attached hydrogen (secondary N) is 2. The quantitative estimate of drug-likeness (QED) is 0.595. The molecule has 5 heteroatoms. The van der Waals surface area contributed by atoms with Crippen LogP contribution >= 0.6 is 0 Å². The predicted octanol–water partition coefficient (Wildman–Crippen LogP) is 2.83. The summed E-state index contributed by atoms with van der Waals surface area (Å²) in [6.07, 6.45) is 0.984. The molecule has 0 aliphatic heterocycles. The Morgan fingerprint density at radius 1 is 1.20 bits per heavy atom. The summed E-state index contributed by atoms with van der Waals surface area (Å²) in [7, 11) is 0. The van der Waals surface area contributed by atoms with Crippen LogP contribution in [0.25, 0.3) is 0 Å². The Kier molecular flexibility index (Phi) is 6.73. The van der Waals surface area contributed by atoms with E-state index in [1.807, 2.05) is 13.8 Å². The Morgan fingerprint density at radius 2 is 1.85 bits per heavy atom. The Morgan fingerprint density at radius 3 is 2.40 bits per heavy atom. The molecule has 0 saturated carbocycles. The summed E-state index contributed by atoms with van der Waals surface area (Å²) in [6.45, 7) is 6.65. The number of carbonyl (C=O) groups is 2. The van der Waals surface area contributed by atoms with Gasteiger partial charge in [-0.05, 0) is 51.5 Å². The van der Waals surface area contributed by atoms with Gasteiger partial charge in [0.2, 0.25) is 0 Å². The number of carbonyl (C=O) groups excluding carboxylic acids is 2. The van der Waals surface area contributed by atoms with Gasteiger partial charge in [0.15, 0.2) is 5.78 Å². The Hall–Kier alpha value is -1.88. The van der Waals surface area contributed by atoms with Crippen molar-refractivity contribution in [2.24, 2.45) is 0 Å². The van der Waals surface area contributed by atoms with E-state index in [0.717, 1.165) is 6.42 Å². The van der Waals surface area contributed by atoms with E-state index in [1.165, 1.54) is 6.92 Å². The van der Waals surface area contributed by atoms with Crippen LogP contribution in [0.15, 0.2) is 24.3 Å². The van der Waals surface area contributed by atoms with Crippen molar-refractivity contribution in [1.82, 2.24) is 5.32 Å². The highest BCUT2D eigenvalue weighted by Gasteiger charge is 2.03. The molecule has 1 rings (SSSR count). The summed E-state index contributed by atoms with van der Waals surface area (Å²) >= 11 is 0. The molecule has 0 bridgehead atoms. The lowest BCUT2D eigenvalue weighted by atomic mass is 10.1. The molecule has 0 atom stereocenters. The van der Waals surface area contributed by atoms with Gasteiger partial charge in [-0.25, -0.2) is 4.79 Å². The number of Topliss-reactive ketones (excluding diaryl/α,β-unsaturated/α-hetero) is 1. The first-order valence-corrected chi connectivity index (χ1v) is 6.76. The molecule has 0 spiro atoms.